The van der Waals surface area contributed by atoms with Crippen molar-refractivity contribution in [1.29, 1.82) is 5.26 Å². The molecule has 0 amide bonds. The quantitative estimate of drug-likeness (QED) is 0.748. The molecule has 0 aromatic carbocycles. The first-order valence-electron chi connectivity index (χ1n) is 5.27. The average Bonchev–Trinajstić information content (AvgIpc) is 2.94. The topological polar surface area (TPSA) is 83.8 Å². The highest BCUT2D eigenvalue weighted by Gasteiger charge is 2.29. The van der Waals surface area contributed by atoms with Gasteiger partial charge in [-0.3, -0.25) is 9.58 Å². The minimum absolute atomic E-state index is 0.333. The van der Waals surface area contributed by atoms with Gasteiger partial charge in [0.2, 0.25) is 5.89 Å². The van der Waals surface area contributed by atoms with Gasteiger partial charge in [-0.15, -0.1) is 0 Å². The maximum absolute atomic E-state index is 8.71. The molecule has 0 atom stereocenters. The number of likely N-dealkylation sites (tertiary alicyclic amines) is 1. The Hall–Kier alpha value is -2.20. The monoisotopic (exact) mass is 230 g/mol. The lowest BCUT2D eigenvalue weighted by Gasteiger charge is -2.38. The third kappa shape index (κ3) is 1.90. The molecule has 2 aromatic heterocycles. The molecule has 0 spiro atoms. The van der Waals surface area contributed by atoms with Gasteiger partial charge in [-0.25, -0.2) is 0 Å². The van der Waals surface area contributed by atoms with Crippen LogP contribution in [0.5, 0.6) is 0 Å². The largest absolute Gasteiger partial charge is 0.338 e. The minimum Gasteiger partial charge on any atom is -0.338 e. The SMILES string of the molecule is N#Cc1cnn(C2CN(Cc3ncno3)C2)c1. The van der Waals surface area contributed by atoms with E-state index in [0.717, 1.165) is 13.1 Å². The van der Waals surface area contributed by atoms with Crippen LogP contribution in [0.1, 0.15) is 17.5 Å². The van der Waals surface area contributed by atoms with Crippen molar-refractivity contribution in [2.75, 3.05) is 13.1 Å². The van der Waals surface area contributed by atoms with Crippen LogP contribution in [0.25, 0.3) is 0 Å². The summed E-state index contributed by atoms with van der Waals surface area (Å²) in [6.07, 6.45) is 4.76. The van der Waals surface area contributed by atoms with Crippen LogP contribution in [0.4, 0.5) is 0 Å². The number of hydrogen-bond donors (Lipinski definition) is 0. The van der Waals surface area contributed by atoms with Crippen molar-refractivity contribution < 1.29 is 4.52 Å². The molecule has 7 nitrogen and oxygen atoms in total. The van der Waals surface area contributed by atoms with E-state index in [1.165, 1.54) is 6.33 Å². The Morgan fingerprint density at radius 1 is 1.53 bits per heavy atom. The van der Waals surface area contributed by atoms with E-state index in [9.17, 15) is 0 Å². The normalized spacial score (nSPS) is 16.6. The summed E-state index contributed by atoms with van der Waals surface area (Å²) in [7, 11) is 0. The van der Waals surface area contributed by atoms with Gasteiger partial charge in [0.25, 0.3) is 0 Å². The van der Waals surface area contributed by atoms with Crippen LogP contribution in [-0.2, 0) is 6.54 Å². The zero-order valence-corrected chi connectivity index (χ0v) is 9.02. The van der Waals surface area contributed by atoms with E-state index >= 15 is 0 Å². The second-order valence-corrected chi connectivity index (χ2v) is 4.00. The van der Waals surface area contributed by atoms with Gasteiger partial charge in [0.15, 0.2) is 6.33 Å². The van der Waals surface area contributed by atoms with Gasteiger partial charge in [0.1, 0.15) is 6.07 Å². The number of nitrogens with zero attached hydrogens (tertiary/aromatic N) is 6. The summed E-state index contributed by atoms with van der Waals surface area (Å²) in [5.74, 6) is 0.627. The molecule has 1 fully saturated rings. The Bertz CT molecular complexity index is 533. The Morgan fingerprint density at radius 2 is 2.41 bits per heavy atom. The summed E-state index contributed by atoms with van der Waals surface area (Å²) < 4.78 is 6.77. The number of nitriles is 1. The molecule has 0 saturated carbocycles. The summed E-state index contributed by atoms with van der Waals surface area (Å²) in [6.45, 7) is 2.44. The van der Waals surface area contributed by atoms with Gasteiger partial charge in [0, 0.05) is 19.3 Å². The highest BCUT2D eigenvalue weighted by atomic mass is 16.5. The van der Waals surface area contributed by atoms with E-state index in [-0.39, 0.29) is 0 Å². The van der Waals surface area contributed by atoms with E-state index in [1.54, 1.807) is 12.4 Å². The van der Waals surface area contributed by atoms with Crippen LogP contribution >= 0.6 is 0 Å². The first-order chi connectivity index (χ1) is 8.35. The molecule has 0 radical (unpaired) electrons. The van der Waals surface area contributed by atoms with Gasteiger partial charge in [-0.05, 0) is 0 Å². The Morgan fingerprint density at radius 3 is 3.06 bits per heavy atom. The van der Waals surface area contributed by atoms with Gasteiger partial charge < -0.3 is 4.52 Å². The molecule has 1 aliphatic rings. The van der Waals surface area contributed by atoms with Gasteiger partial charge >= 0.3 is 0 Å². The van der Waals surface area contributed by atoms with E-state index in [0.29, 0.717) is 24.0 Å². The molecule has 3 heterocycles. The van der Waals surface area contributed by atoms with Crippen molar-refractivity contribution >= 4 is 0 Å². The zero-order chi connectivity index (χ0) is 11.7. The Kier molecular flexibility index (Phi) is 2.34. The molecule has 0 N–H and O–H groups in total. The summed E-state index contributed by atoms with van der Waals surface area (Å²) in [4.78, 5) is 6.15. The second-order valence-electron chi connectivity index (χ2n) is 4.00. The van der Waals surface area contributed by atoms with Crippen LogP contribution < -0.4 is 0 Å². The molecule has 0 unspecified atom stereocenters. The fraction of sp³-hybridized carbons (Fsp3) is 0.400. The minimum atomic E-state index is 0.333. The predicted molar refractivity (Wildman–Crippen MR) is 55.6 cm³/mol. The number of rotatable bonds is 3. The van der Waals surface area contributed by atoms with Crippen molar-refractivity contribution in [1.82, 2.24) is 24.8 Å². The summed E-state index contributed by atoms with van der Waals surface area (Å²) in [5.41, 5.74) is 0.598. The lowest BCUT2D eigenvalue weighted by Crippen LogP contribution is -2.47. The predicted octanol–water partition coefficient (Wildman–Crippen LogP) is 0.195. The zero-order valence-electron chi connectivity index (χ0n) is 9.02. The molecule has 86 valence electrons. The van der Waals surface area contributed by atoms with Crippen molar-refractivity contribution in [3.63, 3.8) is 0 Å². The van der Waals surface area contributed by atoms with Crippen LogP contribution in [0.15, 0.2) is 23.2 Å². The maximum Gasteiger partial charge on any atom is 0.240 e. The Balaban J connectivity index is 1.56. The molecule has 0 aliphatic carbocycles. The first kappa shape index (κ1) is 9.99. The molecule has 7 heteroatoms. The molecule has 1 saturated heterocycles. The summed E-state index contributed by atoms with van der Waals surface area (Å²) in [6, 6.07) is 2.40. The van der Waals surface area contributed by atoms with Crippen LogP contribution in [-0.4, -0.2) is 37.9 Å². The standard InChI is InChI=1S/C10H10N6O/c11-1-8-2-13-16(3-8)9-4-15(5-9)6-10-12-7-14-17-10/h2-3,7,9H,4-6H2. The third-order valence-corrected chi connectivity index (χ3v) is 2.81. The highest BCUT2D eigenvalue weighted by Crippen LogP contribution is 2.22. The lowest BCUT2D eigenvalue weighted by molar-refractivity contribution is 0.0790. The fourth-order valence-corrected chi connectivity index (χ4v) is 1.89. The molecule has 1 aliphatic heterocycles. The van der Waals surface area contributed by atoms with E-state index in [2.05, 4.69) is 26.2 Å². The maximum atomic E-state index is 8.71. The van der Waals surface area contributed by atoms with E-state index in [1.807, 2.05) is 4.68 Å². The van der Waals surface area contributed by atoms with E-state index < -0.39 is 0 Å². The van der Waals surface area contributed by atoms with Gasteiger partial charge in [-0.1, -0.05) is 5.16 Å². The van der Waals surface area contributed by atoms with Crippen molar-refractivity contribution in [2.24, 2.45) is 0 Å². The Labute approximate surface area is 97.3 Å². The van der Waals surface area contributed by atoms with Crippen LogP contribution in [0.2, 0.25) is 0 Å². The van der Waals surface area contributed by atoms with Crippen molar-refractivity contribution in [3.8, 4) is 6.07 Å². The summed E-state index contributed by atoms with van der Waals surface area (Å²) in [5, 5.41) is 16.4. The molecular weight excluding hydrogens is 220 g/mol. The number of aromatic nitrogens is 4. The first-order valence-corrected chi connectivity index (χ1v) is 5.27. The highest BCUT2D eigenvalue weighted by molar-refractivity contribution is 5.22. The van der Waals surface area contributed by atoms with Gasteiger partial charge in [-0.2, -0.15) is 15.3 Å². The average molecular weight is 230 g/mol. The number of hydrogen-bond acceptors (Lipinski definition) is 6. The van der Waals surface area contributed by atoms with Crippen LogP contribution in [0.3, 0.4) is 0 Å². The van der Waals surface area contributed by atoms with Crippen molar-refractivity contribution in [3.05, 3.63) is 30.2 Å². The molecule has 17 heavy (non-hydrogen) atoms. The lowest BCUT2D eigenvalue weighted by atomic mass is 10.1. The van der Waals surface area contributed by atoms with Crippen LogP contribution in [0, 0.1) is 11.3 Å². The van der Waals surface area contributed by atoms with E-state index in [4.69, 9.17) is 9.78 Å². The molecule has 3 rings (SSSR count). The molecular formula is C10H10N6O. The van der Waals surface area contributed by atoms with Crippen molar-refractivity contribution in [2.45, 2.75) is 12.6 Å². The smallest absolute Gasteiger partial charge is 0.240 e. The molecule has 0 bridgehead atoms. The third-order valence-electron chi connectivity index (χ3n) is 2.81. The summed E-state index contributed by atoms with van der Waals surface area (Å²) >= 11 is 0. The second kappa shape index (κ2) is 3.99. The van der Waals surface area contributed by atoms with Gasteiger partial charge in [0.05, 0.1) is 24.3 Å². The fourth-order valence-electron chi connectivity index (χ4n) is 1.89. The molecule has 2 aromatic rings.